The molecule has 2 nitrogen and oxygen atoms in total. The molecule has 5 atom stereocenters. The summed E-state index contributed by atoms with van der Waals surface area (Å²) < 4.78 is 6.00. The molecule has 4 fully saturated rings. The molecule has 18 heavy (non-hydrogen) atoms. The van der Waals surface area contributed by atoms with E-state index in [1.165, 1.54) is 51.6 Å². The van der Waals surface area contributed by atoms with E-state index < -0.39 is 0 Å². The van der Waals surface area contributed by atoms with Gasteiger partial charge in [-0.25, -0.2) is 0 Å². The molecular weight excluding hydrogens is 222 g/mol. The maximum Gasteiger partial charge on any atom is 0.0730 e. The Hall–Kier alpha value is -0.0800. The van der Waals surface area contributed by atoms with Gasteiger partial charge in [0.1, 0.15) is 0 Å². The van der Waals surface area contributed by atoms with E-state index in [1.54, 1.807) is 12.8 Å². The lowest BCUT2D eigenvalue weighted by Crippen LogP contribution is -2.54. The fourth-order valence-corrected chi connectivity index (χ4v) is 5.30. The van der Waals surface area contributed by atoms with Crippen molar-refractivity contribution < 1.29 is 4.74 Å². The van der Waals surface area contributed by atoms with E-state index in [1.807, 2.05) is 0 Å². The van der Waals surface area contributed by atoms with Crippen molar-refractivity contribution in [1.29, 1.82) is 0 Å². The number of hydrogen-bond acceptors (Lipinski definition) is 2. The summed E-state index contributed by atoms with van der Waals surface area (Å²) in [5, 5.41) is 0. The summed E-state index contributed by atoms with van der Waals surface area (Å²) >= 11 is 0. The Labute approximate surface area is 111 Å². The second kappa shape index (κ2) is 4.79. The fourth-order valence-electron chi connectivity index (χ4n) is 5.30. The number of hydrogen-bond donors (Lipinski definition) is 0. The highest BCUT2D eigenvalue weighted by Crippen LogP contribution is 2.48. The Morgan fingerprint density at radius 2 is 1.94 bits per heavy atom. The van der Waals surface area contributed by atoms with Gasteiger partial charge >= 0.3 is 0 Å². The van der Waals surface area contributed by atoms with Gasteiger partial charge in [0.25, 0.3) is 0 Å². The molecule has 3 aliphatic carbocycles. The van der Waals surface area contributed by atoms with Crippen LogP contribution in [0.2, 0.25) is 0 Å². The van der Waals surface area contributed by atoms with E-state index in [9.17, 15) is 0 Å². The number of rotatable bonds is 2. The summed E-state index contributed by atoms with van der Waals surface area (Å²) in [6.45, 7) is 3.59. The van der Waals surface area contributed by atoms with Crippen LogP contribution in [0.3, 0.4) is 0 Å². The van der Waals surface area contributed by atoms with Crippen molar-refractivity contribution >= 4 is 0 Å². The van der Waals surface area contributed by atoms with Crippen molar-refractivity contribution in [3.05, 3.63) is 0 Å². The molecule has 1 aliphatic heterocycles. The molecule has 0 aromatic heterocycles. The number of ether oxygens (including phenoxy) is 1. The van der Waals surface area contributed by atoms with Gasteiger partial charge in [-0.05, 0) is 49.9 Å². The molecule has 0 spiro atoms. The Kier molecular flexibility index (Phi) is 3.12. The lowest BCUT2D eigenvalue weighted by molar-refractivity contribution is -0.0937. The lowest BCUT2D eigenvalue weighted by Gasteiger charge is -2.45. The Balaban J connectivity index is 1.41. The van der Waals surface area contributed by atoms with Crippen LogP contribution in [-0.4, -0.2) is 36.7 Å². The molecule has 0 amide bonds. The molecule has 5 unspecified atom stereocenters. The van der Waals surface area contributed by atoms with Crippen molar-refractivity contribution in [2.24, 2.45) is 17.8 Å². The third kappa shape index (κ3) is 2.02. The quantitative estimate of drug-likeness (QED) is 0.746. The van der Waals surface area contributed by atoms with Crippen LogP contribution in [0.5, 0.6) is 0 Å². The highest BCUT2D eigenvalue weighted by atomic mass is 16.5. The molecule has 2 bridgehead atoms. The maximum atomic E-state index is 6.00. The van der Waals surface area contributed by atoms with Gasteiger partial charge in [0, 0.05) is 19.1 Å². The maximum absolute atomic E-state index is 6.00. The third-order valence-electron chi connectivity index (χ3n) is 6.20. The van der Waals surface area contributed by atoms with Gasteiger partial charge in [0.05, 0.1) is 12.7 Å². The first kappa shape index (κ1) is 11.7. The molecule has 0 aromatic carbocycles. The summed E-state index contributed by atoms with van der Waals surface area (Å²) in [7, 11) is 0. The van der Waals surface area contributed by atoms with Crippen LogP contribution in [0.4, 0.5) is 0 Å². The van der Waals surface area contributed by atoms with Gasteiger partial charge in [-0.3, -0.25) is 4.90 Å². The Morgan fingerprint density at radius 1 is 1.00 bits per heavy atom. The normalized spacial score (nSPS) is 48.3. The van der Waals surface area contributed by atoms with Gasteiger partial charge in [-0.1, -0.05) is 19.3 Å². The average molecular weight is 249 g/mol. The van der Waals surface area contributed by atoms with Crippen molar-refractivity contribution in [2.75, 3.05) is 19.7 Å². The Bertz CT molecular complexity index is 303. The van der Waals surface area contributed by atoms with E-state index in [0.717, 1.165) is 30.4 Å². The van der Waals surface area contributed by atoms with E-state index in [-0.39, 0.29) is 0 Å². The van der Waals surface area contributed by atoms with E-state index in [4.69, 9.17) is 4.74 Å². The monoisotopic (exact) mass is 249 g/mol. The third-order valence-corrected chi connectivity index (χ3v) is 6.20. The average Bonchev–Trinajstić information content (AvgIpc) is 3.01. The first-order chi connectivity index (χ1) is 8.90. The summed E-state index contributed by atoms with van der Waals surface area (Å²) in [6, 6.07) is 0.770. The zero-order chi connectivity index (χ0) is 11.9. The summed E-state index contributed by atoms with van der Waals surface area (Å²) in [5.74, 6) is 3.22. The largest absolute Gasteiger partial charge is 0.375 e. The summed E-state index contributed by atoms with van der Waals surface area (Å²) in [4.78, 5) is 2.82. The van der Waals surface area contributed by atoms with Gasteiger partial charge in [-0.2, -0.15) is 0 Å². The molecule has 4 rings (SSSR count). The van der Waals surface area contributed by atoms with Crippen LogP contribution in [0.1, 0.15) is 51.4 Å². The van der Waals surface area contributed by atoms with Crippen LogP contribution in [0.15, 0.2) is 0 Å². The molecule has 3 saturated carbocycles. The Morgan fingerprint density at radius 3 is 2.78 bits per heavy atom. The van der Waals surface area contributed by atoms with Crippen LogP contribution >= 0.6 is 0 Å². The minimum Gasteiger partial charge on any atom is -0.375 e. The molecule has 1 saturated heterocycles. The minimum atomic E-state index is 0.575. The van der Waals surface area contributed by atoms with Crippen LogP contribution < -0.4 is 0 Å². The van der Waals surface area contributed by atoms with Gasteiger partial charge in [0.15, 0.2) is 0 Å². The molecule has 4 aliphatic rings. The van der Waals surface area contributed by atoms with Crippen molar-refractivity contribution in [2.45, 2.75) is 63.5 Å². The number of fused-ring (bicyclic) bond motifs is 3. The zero-order valence-electron chi connectivity index (χ0n) is 11.5. The molecule has 0 radical (unpaired) electrons. The first-order valence-corrected chi connectivity index (χ1v) is 8.26. The molecule has 1 heterocycles. The second-order valence-electron chi connectivity index (χ2n) is 7.19. The second-order valence-corrected chi connectivity index (χ2v) is 7.19. The predicted molar refractivity (Wildman–Crippen MR) is 72.5 cm³/mol. The van der Waals surface area contributed by atoms with Gasteiger partial charge in [-0.15, -0.1) is 0 Å². The van der Waals surface area contributed by atoms with E-state index >= 15 is 0 Å². The van der Waals surface area contributed by atoms with Crippen LogP contribution in [0.25, 0.3) is 0 Å². The summed E-state index contributed by atoms with van der Waals surface area (Å²) in [6.07, 6.45) is 12.3. The summed E-state index contributed by atoms with van der Waals surface area (Å²) in [5.41, 5.74) is 0. The minimum absolute atomic E-state index is 0.575. The molecule has 0 aromatic rings. The smallest absolute Gasteiger partial charge is 0.0730 e. The van der Waals surface area contributed by atoms with Crippen molar-refractivity contribution in [1.82, 2.24) is 4.90 Å². The molecular formula is C16H27NO. The number of morpholine rings is 1. The standard InChI is InChI=1S/C16H27NO/c1-2-4-16-15(3-1)17(7-8-18-16)11-14-10-12-5-6-13(14)9-12/h12-16H,1-11H2. The van der Waals surface area contributed by atoms with Crippen LogP contribution in [-0.2, 0) is 4.74 Å². The predicted octanol–water partition coefficient (Wildman–Crippen LogP) is 3.07. The molecule has 2 heteroatoms. The topological polar surface area (TPSA) is 12.5 Å². The number of nitrogens with zero attached hydrogens (tertiary/aromatic N) is 1. The van der Waals surface area contributed by atoms with E-state index in [2.05, 4.69) is 4.90 Å². The molecule has 102 valence electrons. The first-order valence-electron chi connectivity index (χ1n) is 8.26. The van der Waals surface area contributed by atoms with Crippen LogP contribution in [0, 0.1) is 17.8 Å². The van der Waals surface area contributed by atoms with Crippen molar-refractivity contribution in [3.63, 3.8) is 0 Å². The van der Waals surface area contributed by atoms with Crippen molar-refractivity contribution in [3.8, 4) is 0 Å². The highest BCUT2D eigenvalue weighted by Gasteiger charge is 2.42. The fraction of sp³-hybridized carbons (Fsp3) is 1.00. The van der Waals surface area contributed by atoms with Gasteiger partial charge < -0.3 is 4.74 Å². The highest BCUT2D eigenvalue weighted by molar-refractivity contribution is 4.94. The van der Waals surface area contributed by atoms with E-state index in [0.29, 0.717) is 6.10 Å². The van der Waals surface area contributed by atoms with Gasteiger partial charge in [0.2, 0.25) is 0 Å². The molecule has 0 N–H and O–H groups in total. The lowest BCUT2D eigenvalue weighted by atomic mass is 9.85. The zero-order valence-corrected chi connectivity index (χ0v) is 11.5. The SMILES string of the molecule is C1CCC2C(C1)OCCN2CC1CC2CCC1C2.